The number of amides is 1. The first-order chi connectivity index (χ1) is 7.06. The lowest BCUT2D eigenvalue weighted by Gasteiger charge is -2.20. The SMILES string of the molecule is COC(=O)/C=C/N1C(=O)OC[C@@H]1C(C)C. The number of cyclic esters (lactones) is 1. The first-order valence-corrected chi connectivity index (χ1v) is 4.77. The van der Waals surface area contributed by atoms with Crippen LogP contribution in [0.2, 0.25) is 0 Å². The molecule has 0 radical (unpaired) electrons. The number of methoxy groups -OCH3 is 1. The second-order valence-corrected chi connectivity index (χ2v) is 3.63. The summed E-state index contributed by atoms with van der Waals surface area (Å²) >= 11 is 0. The standard InChI is InChI=1S/C10H15NO4/c1-7(2)8-6-15-10(13)11(8)5-4-9(12)14-3/h4-5,7-8H,6H2,1-3H3/b5-4+/t8-/m1/s1. The highest BCUT2D eigenvalue weighted by molar-refractivity contribution is 5.82. The first kappa shape index (κ1) is 11.6. The highest BCUT2D eigenvalue weighted by Crippen LogP contribution is 2.19. The molecule has 0 aromatic heterocycles. The number of carbonyl (C=O) groups excluding carboxylic acids is 2. The number of hydrogen-bond acceptors (Lipinski definition) is 4. The molecule has 1 fully saturated rings. The molecule has 5 heteroatoms. The minimum absolute atomic E-state index is 0.0154. The Kier molecular flexibility index (Phi) is 3.71. The zero-order valence-corrected chi connectivity index (χ0v) is 9.10. The van der Waals surface area contributed by atoms with E-state index in [-0.39, 0.29) is 12.0 Å². The molecule has 1 atom stereocenters. The lowest BCUT2D eigenvalue weighted by atomic mass is 10.1. The van der Waals surface area contributed by atoms with E-state index in [2.05, 4.69) is 4.74 Å². The van der Waals surface area contributed by atoms with Crippen LogP contribution in [0.15, 0.2) is 12.3 Å². The fourth-order valence-corrected chi connectivity index (χ4v) is 1.34. The molecule has 1 amide bonds. The zero-order valence-electron chi connectivity index (χ0n) is 9.10. The van der Waals surface area contributed by atoms with Gasteiger partial charge in [0.1, 0.15) is 6.61 Å². The quantitative estimate of drug-likeness (QED) is 0.521. The van der Waals surface area contributed by atoms with Crippen molar-refractivity contribution < 1.29 is 19.1 Å². The van der Waals surface area contributed by atoms with Gasteiger partial charge in [-0.1, -0.05) is 13.8 Å². The Morgan fingerprint density at radius 3 is 2.87 bits per heavy atom. The maximum atomic E-state index is 11.3. The molecule has 84 valence electrons. The first-order valence-electron chi connectivity index (χ1n) is 4.77. The summed E-state index contributed by atoms with van der Waals surface area (Å²) in [5.74, 6) is -0.212. The van der Waals surface area contributed by atoms with E-state index in [9.17, 15) is 9.59 Å². The van der Waals surface area contributed by atoms with Crippen molar-refractivity contribution in [1.29, 1.82) is 0 Å². The van der Waals surface area contributed by atoms with E-state index in [1.165, 1.54) is 24.3 Å². The normalized spacial score (nSPS) is 21.2. The molecule has 1 aliphatic heterocycles. The van der Waals surface area contributed by atoms with E-state index < -0.39 is 12.1 Å². The average molecular weight is 213 g/mol. The van der Waals surface area contributed by atoms with Crippen LogP contribution < -0.4 is 0 Å². The van der Waals surface area contributed by atoms with Crippen molar-refractivity contribution in [2.45, 2.75) is 19.9 Å². The molecule has 1 saturated heterocycles. The number of esters is 1. The highest BCUT2D eigenvalue weighted by Gasteiger charge is 2.33. The van der Waals surface area contributed by atoms with E-state index in [1.54, 1.807) is 0 Å². The van der Waals surface area contributed by atoms with Crippen LogP contribution in [0.25, 0.3) is 0 Å². The minimum Gasteiger partial charge on any atom is -0.466 e. The summed E-state index contributed by atoms with van der Waals surface area (Å²) in [6, 6.07) is -0.0154. The maximum absolute atomic E-state index is 11.3. The molecule has 0 aromatic carbocycles. The van der Waals surface area contributed by atoms with Crippen LogP contribution in [-0.4, -0.2) is 36.7 Å². The Hall–Kier alpha value is -1.52. The Balaban J connectivity index is 2.68. The summed E-state index contributed by atoms with van der Waals surface area (Å²) in [5, 5.41) is 0. The van der Waals surface area contributed by atoms with Crippen LogP contribution in [-0.2, 0) is 14.3 Å². The summed E-state index contributed by atoms with van der Waals surface area (Å²) in [6.45, 7) is 4.35. The van der Waals surface area contributed by atoms with Crippen LogP contribution in [0.4, 0.5) is 4.79 Å². The highest BCUT2D eigenvalue weighted by atomic mass is 16.6. The largest absolute Gasteiger partial charge is 0.466 e. The summed E-state index contributed by atoms with van der Waals surface area (Å²) < 4.78 is 9.33. The van der Waals surface area contributed by atoms with Gasteiger partial charge in [-0.05, 0) is 5.92 Å². The molecule has 0 N–H and O–H groups in total. The van der Waals surface area contributed by atoms with Gasteiger partial charge in [0.15, 0.2) is 0 Å². The van der Waals surface area contributed by atoms with Crippen molar-refractivity contribution in [3.63, 3.8) is 0 Å². The third kappa shape index (κ3) is 2.71. The summed E-state index contributed by atoms with van der Waals surface area (Å²) in [5.41, 5.74) is 0. The lowest BCUT2D eigenvalue weighted by Crippen LogP contribution is -2.32. The van der Waals surface area contributed by atoms with Gasteiger partial charge in [0.05, 0.1) is 13.2 Å². The fraction of sp³-hybridized carbons (Fsp3) is 0.600. The number of carbonyl (C=O) groups is 2. The minimum atomic E-state index is -0.489. The Morgan fingerprint density at radius 1 is 1.67 bits per heavy atom. The second-order valence-electron chi connectivity index (χ2n) is 3.63. The predicted molar refractivity (Wildman–Crippen MR) is 53.0 cm³/mol. The smallest absolute Gasteiger partial charge is 0.414 e. The van der Waals surface area contributed by atoms with Crippen molar-refractivity contribution in [2.75, 3.05) is 13.7 Å². The maximum Gasteiger partial charge on any atom is 0.414 e. The molecule has 1 rings (SSSR count). The monoisotopic (exact) mass is 213 g/mol. The molecule has 0 unspecified atom stereocenters. The average Bonchev–Trinajstić information content (AvgIpc) is 2.56. The summed E-state index contributed by atoms with van der Waals surface area (Å²) in [4.78, 5) is 23.6. The van der Waals surface area contributed by atoms with Crippen LogP contribution in [0.5, 0.6) is 0 Å². The topological polar surface area (TPSA) is 55.8 Å². The van der Waals surface area contributed by atoms with Crippen molar-refractivity contribution >= 4 is 12.1 Å². The molecule has 0 aliphatic carbocycles. The Bertz CT molecular complexity index is 285. The van der Waals surface area contributed by atoms with Crippen molar-refractivity contribution in [1.82, 2.24) is 4.90 Å². The molecule has 1 aliphatic rings. The van der Waals surface area contributed by atoms with E-state index >= 15 is 0 Å². The molecular formula is C10H15NO4. The second kappa shape index (κ2) is 4.82. The fourth-order valence-electron chi connectivity index (χ4n) is 1.34. The van der Waals surface area contributed by atoms with Gasteiger partial charge in [0.25, 0.3) is 0 Å². The van der Waals surface area contributed by atoms with Crippen LogP contribution in [0.1, 0.15) is 13.8 Å². The molecular weight excluding hydrogens is 198 g/mol. The van der Waals surface area contributed by atoms with Crippen LogP contribution in [0.3, 0.4) is 0 Å². The number of ether oxygens (including phenoxy) is 2. The molecule has 1 heterocycles. The van der Waals surface area contributed by atoms with Crippen molar-refractivity contribution in [3.05, 3.63) is 12.3 Å². The molecule has 5 nitrogen and oxygen atoms in total. The van der Waals surface area contributed by atoms with Gasteiger partial charge in [0.2, 0.25) is 0 Å². The number of hydrogen-bond donors (Lipinski definition) is 0. The van der Waals surface area contributed by atoms with Gasteiger partial charge in [-0.3, -0.25) is 4.90 Å². The van der Waals surface area contributed by atoms with E-state index in [0.29, 0.717) is 6.61 Å². The van der Waals surface area contributed by atoms with E-state index in [1.807, 2.05) is 13.8 Å². The number of rotatable bonds is 3. The van der Waals surface area contributed by atoms with E-state index in [0.717, 1.165) is 0 Å². The summed E-state index contributed by atoms with van der Waals surface area (Å²) in [6.07, 6.45) is 2.20. The van der Waals surface area contributed by atoms with Gasteiger partial charge in [-0.25, -0.2) is 9.59 Å². The van der Waals surface area contributed by atoms with Gasteiger partial charge >= 0.3 is 12.1 Å². The lowest BCUT2D eigenvalue weighted by molar-refractivity contribution is -0.134. The Labute approximate surface area is 88.6 Å². The van der Waals surface area contributed by atoms with E-state index in [4.69, 9.17) is 4.74 Å². The molecule has 0 aromatic rings. The molecule has 0 bridgehead atoms. The Morgan fingerprint density at radius 2 is 2.33 bits per heavy atom. The third-order valence-electron chi connectivity index (χ3n) is 2.29. The van der Waals surface area contributed by atoms with Crippen LogP contribution >= 0.6 is 0 Å². The third-order valence-corrected chi connectivity index (χ3v) is 2.29. The molecule has 0 spiro atoms. The molecule has 0 saturated carbocycles. The zero-order chi connectivity index (χ0) is 11.4. The molecule has 15 heavy (non-hydrogen) atoms. The van der Waals surface area contributed by atoms with Gasteiger partial charge in [0, 0.05) is 12.3 Å². The van der Waals surface area contributed by atoms with Crippen LogP contribution in [0, 0.1) is 5.92 Å². The number of nitrogens with zero attached hydrogens (tertiary/aromatic N) is 1. The summed E-state index contributed by atoms with van der Waals surface area (Å²) in [7, 11) is 1.29. The van der Waals surface area contributed by atoms with Crippen molar-refractivity contribution in [2.24, 2.45) is 5.92 Å². The van der Waals surface area contributed by atoms with Gasteiger partial charge < -0.3 is 9.47 Å². The van der Waals surface area contributed by atoms with Crippen molar-refractivity contribution in [3.8, 4) is 0 Å². The van der Waals surface area contributed by atoms with Gasteiger partial charge in [-0.2, -0.15) is 0 Å². The van der Waals surface area contributed by atoms with Gasteiger partial charge in [-0.15, -0.1) is 0 Å². The predicted octanol–water partition coefficient (Wildman–Crippen LogP) is 1.15.